The Labute approximate surface area is 91.1 Å². The first-order valence-corrected chi connectivity index (χ1v) is 5.76. The fourth-order valence-electron chi connectivity index (χ4n) is 2.33. The van der Waals surface area contributed by atoms with Crippen molar-refractivity contribution in [2.45, 2.75) is 32.1 Å². The highest BCUT2D eigenvalue weighted by Crippen LogP contribution is 2.28. The minimum atomic E-state index is 0.643. The summed E-state index contributed by atoms with van der Waals surface area (Å²) in [4.78, 5) is 4.22. The van der Waals surface area contributed by atoms with E-state index in [1.165, 1.54) is 24.0 Å². The lowest BCUT2D eigenvalue weighted by Gasteiger charge is -2.24. The summed E-state index contributed by atoms with van der Waals surface area (Å²) in [5.74, 6) is 1.32. The predicted octanol–water partition coefficient (Wildman–Crippen LogP) is 1.69. The molecule has 0 unspecified atom stereocenters. The second kappa shape index (κ2) is 4.62. The number of pyridine rings is 1. The summed E-state index contributed by atoms with van der Waals surface area (Å²) in [7, 11) is 0. The van der Waals surface area contributed by atoms with Crippen LogP contribution in [0.2, 0.25) is 0 Å². The number of hydrogen-bond donors (Lipinski definition) is 2. The molecule has 3 nitrogen and oxygen atoms in total. The van der Waals surface area contributed by atoms with Crippen LogP contribution in [0.3, 0.4) is 0 Å². The van der Waals surface area contributed by atoms with Gasteiger partial charge in [0.25, 0.3) is 0 Å². The van der Waals surface area contributed by atoms with Gasteiger partial charge >= 0.3 is 0 Å². The summed E-state index contributed by atoms with van der Waals surface area (Å²) in [6.07, 6.45) is 5.47. The average molecular weight is 205 g/mol. The molecule has 1 aromatic rings. The molecule has 1 saturated heterocycles. The van der Waals surface area contributed by atoms with Gasteiger partial charge in [-0.1, -0.05) is 6.92 Å². The predicted molar refractivity (Wildman–Crippen MR) is 62.9 cm³/mol. The normalized spacial score (nSPS) is 17.9. The quantitative estimate of drug-likeness (QED) is 0.772. The van der Waals surface area contributed by atoms with E-state index in [0.29, 0.717) is 11.7 Å². The van der Waals surface area contributed by atoms with Crippen molar-refractivity contribution < 1.29 is 0 Å². The molecule has 1 fully saturated rings. The number of hydrogen-bond acceptors (Lipinski definition) is 3. The van der Waals surface area contributed by atoms with E-state index >= 15 is 0 Å². The molecular formula is C12H19N3. The number of rotatable bonds is 2. The highest BCUT2D eigenvalue weighted by atomic mass is 14.9. The molecule has 0 radical (unpaired) electrons. The Hall–Kier alpha value is -1.09. The van der Waals surface area contributed by atoms with Crippen LogP contribution in [0.4, 0.5) is 5.82 Å². The number of aryl methyl sites for hydroxylation is 1. The monoisotopic (exact) mass is 205 g/mol. The van der Waals surface area contributed by atoms with Crippen molar-refractivity contribution in [1.29, 1.82) is 0 Å². The zero-order valence-corrected chi connectivity index (χ0v) is 9.29. The number of piperidine rings is 1. The van der Waals surface area contributed by atoms with Gasteiger partial charge in [-0.15, -0.1) is 0 Å². The van der Waals surface area contributed by atoms with Crippen LogP contribution in [0.5, 0.6) is 0 Å². The van der Waals surface area contributed by atoms with Gasteiger partial charge < -0.3 is 11.1 Å². The van der Waals surface area contributed by atoms with Crippen molar-refractivity contribution in [3.63, 3.8) is 0 Å². The van der Waals surface area contributed by atoms with Crippen molar-refractivity contribution in [2.24, 2.45) is 0 Å². The smallest absolute Gasteiger partial charge is 0.123 e. The highest BCUT2D eigenvalue weighted by molar-refractivity contribution is 5.38. The van der Waals surface area contributed by atoms with E-state index in [0.717, 1.165) is 19.5 Å². The Morgan fingerprint density at radius 3 is 2.87 bits per heavy atom. The Kier molecular flexibility index (Phi) is 3.21. The van der Waals surface area contributed by atoms with Crippen LogP contribution in [0.1, 0.15) is 36.8 Å². The largest absolute Gasteiger partial charge is 0.384 e. The zero-order valence-electron chi connectivity index (χ0n) is 9.29. The number of nitrogens with two attached hydrogens (primary N) is 1. The molecule has 0 atom stereocenters. The second-order valence-corrected chi connectivity index (χ2v) is 4.19. The van der Waals surface area contributed by atoms with E-state index in [1.807, 2.05) is 12.3 Å². The fourth-order valence-corrected chi connectivity index (χ4v) is 2.33. The molecule has 2 rings (SSSR count). The number of nitrogens with zero attached hydrogens (tertiary/aromatic N) is 1. The lowest BCUT2D eigenvalue weighted by molar-refractivity contribution is 0.457. The molecule has 2 heterocycles. The van der Waals surface area contributed by atoms with Gasteiger partial charge in [0.2, 0.25) is 0 Å². The molecule has 0 saturated carbocycles. The molecule has 1 aliphatic rings. The van der Waals surface area contributed by atoms with E-state index in [4.69, 9.17) is 5.73 Å². The fraction of sp³-hybridized carbons (Fsp3) is 0.583. The number of anilines is 1. The Bertz CT molecular complexity index is 330. The van der Waals surface area contributed by atoms with Gasteiger partial charge in [0.05, 0.1) is 0 Å². The third-order valence-electron chi connectivity index (χ3n) is 3.21. The van der Waals surface area contributed by atoms with Crippen LogP contribution in [-0.4, -0.2) is 18.1 Å². The van der Waals surface area contributed by atoms with Gasteiger partial charge in [-0.05, 0) is 55.5 Å². The zero-order chi connectivity index (χ0) is 10.7. The summed E-state index contributed by atoms with van der Waals surface area (Å²) in [6.45, 7) is 4.43. The van der Waals surface area contributed by atoms with Gasteiger partial charge in [0, 0.05) is 6.20 Å². The van der Waals surface area contributed by atoms with Crippen molar-refractivity contribution in [3.8, 4) is 0 Å². The molecule has 3 N–H and O–H groups in total. The topological polar surface area (TPSA) is 50.9 Å². The van der Waals surface area contributed by atoms with Crippen LogP contribution >= 0.6 is 0 Å². The van der Waals surface area contributed by atoms with Crippen LogP contribution in [0, 0.1) is 0 Å². The van der Waals surface area contributed by atoms with Gasteiger partial charge in [0.1, 0.15) is 5.82 Å². The molecule has 1 aliphatic heterocycles. The van der Waals surface area contributed by atoms with E-state index in [1.54, 1.807) is 0 Å². The van der Waals surface area contributed by atoms with Gasteiger partial charge in [-0.25, -0.2) is 4.98 Å². The SMILES string of the molecule is CCc1cc(N)ncc1C1CCNCC1. The van der Waals surface area contributed by atoms with Crippen LogP contribution in [-0.2, 0) is 6.42 Å². The summed E-state index contributed by atoms with van der Waals surface area (Å²) in [5.41, 5.74) is 8.49. The maximum absolute atomic E-state index is 5.71. The molecule has 0 aromatic carbocycles. The van der Waals surface area contributed by atoms with Gasteiger partial charge in [-0.3, -0.25) is 0 Å². The molecule has 82 valence electrons. The first kappa shape index (κ1) is 10.4. The highest BCUT2D eigenvalue weighted by Gasteiger charge is 2.17. The van der Waals surface area contributed by atoms with Gasteiger partial charge in [0.15, 0.2) is 0 Å². The lowest BCUT2D eigenvalue weighted by Crippen LogP contribution is -2.27. The van der Waals surface area contributed by atoms with Crippen molar-refractivity contribution in [1.82, 2.24) is 10.3 Å². The Morgan fingerprint density at radius 2 is 2.20 bits per heavy atom. The summed E-state index contributed by atoms with van der Waals surface area (Å²) < 4.78 is 0. The van der Waals surface area contributed by atoms with Gasteiger partial charge in [-0.2, -0.15) is 0 Å². The van der Waals surface area contributed by atoms with Crippen molar-refractivity contribution >= 4 is 5.82 Å². The number of nitrogen functional groups attached to an aromatic ring is 1. The average Bonchev–Trinajstić information content (AvgIpc) is 2.30. The number of aromatic nitrogens is 1. The summed E-state index contributed by atoms with van der Waals surface area (Å²) in [6, 6.07) is 2.03. The van der Waals surface area contributed by atoms with E-state index in [-0.39, 0.29) is 0 Å². The maximum Gasteiger partial charge on any atom is 0.123 e. The van der Waals surface area contributed by atoms with Crippen molar-refractivity contribution in [2.75, 3.05) is 18.8 Å². The Balaban J connectivity index is 2.25. The molecule has 3 heteroatoms. The molecular weight excluding hydrogens is 186 g/mol. The Morgan fingerprint density at radius 1 is 1.47 bits per heavy atom. The standard InChI is InChI=1S/C12H19N3/c1-2-9-7-12(13)15-8-11(9)10-3-5-14-6-4-10/h7-8,10,14H,2-6H2,1H3,(H2,13,15). The molecule has 0 bridgehead atoms. The maximum atomic E-state index is 5.71. The molecule has 0 spiro atoms. The molecule has 0 aliphatic carbocycles. The van der Waals surface area contributed by atoms with Crippen molar-refractivity contribution in [3.05, 3.63) is 23.4 Å². The lowest BCUT2D eigenvalue weighted by atomic mass is 9.87. The summed E-state index contributed by atoms with van der Waals surface area (Å²) in [5, 5.41) is 3.39. The van der Waals surface area contributed by atoms with Crippen LogP contribution in [0.25, 0.3) is 0 Å². The third kappa shape index (κ3) is 2.29. The first-order chi connectivity index (χ1) is 7.31. The van der Waals surface area contributed by atoms with Crippen LogP contribution < -0.4 is 11.1 Å². The summed E-state index contributed by atoms with van der Waals surface area (Å²) >= 11 is 0. The molecule has 15 heavy (non-hydrogen) atoms. The van der Waals surface area contributed by atoms with E-state index in [9.17, 15) is 0 Å². The van der Waals surface area contributed by atoms with Crippen LogP contribution in [0.15, 0.2) is 12.3 Å². The minimum Gasteiger partial charge on any atom is -0.384 e. The second-order valence-electron chi connectivity index (χ2n) is 4.19. The third-order valence-corrected chi connectivity index (χ3v) is 3.21. The van der Waals surface area contributed by atoms with E-state index in [2.05, 4.69) is 17.2 Å². The minimum absolute atomic E-state index is 0.643. The molecule has 1 aromatic heterocycles. The molecule has 0 amide bonds. The van der Waals surface area contributed by atoms with E-state index < -0.39 is 0 Å². The number of nitrogens with one attached hydrogen (secondary N) is 1. The first-order valence-electron chi connectivity index (χ1n) is 5.76.